The number of nitrogens with one attached hydrogen (secondary N) is 1. The van der Waals surface area contributed by atoms with Gasteiger partial charge in [0, 0.05) is 24.1 Å². The van der Waals surface area contributed by atoms with E-state index in [0.717, 1.165) is 16.3 Å². The molecule has 29 heavy (non-hydrogen) atoms. The van der Waals surface area contributed by atoms with E-state index < -0.39 is 0 Å². The molecule has 1 aliphatic rings. The summed E-state index contributed by atoms with van der Waals surface area (Å²) in [6.07, 6.45) is 2.02. The van der Waals surface area contributed by atoms with Crippen LogP contribution in [0.15, 0.2) is 48.7 Å². The second-order valence-corrected chi connectivity index (χ2v) is 6.87. The maximum Gasteiger partial charge on any atom is 0.255 e. The van der Waals surface area contributed by atoms with Gasteiger partial charge in [-0.05, 0) is 56.3 Å². The van der Waals surface area contributed by atoms with E-state index in [9.17, 15) is 14.4 Å². The van der Waals surface area contributed by atoms with Crippen molar-refractivity contribution in [1.29, 1.82) is 0 Å². The van der Waals surface area contributed by atoms with Gasteiger partial charge in [-0.25, -0.2) is 9.67 Å². The highest BCUT2D eigenvalue weighted by atomic mass is 16.2. The summed E-state index contributed by atoms with van der Waals surface area (Å²) in [6.45, 7) is 3.86. The van der Waals surface area contributed by atoms with Crippen molar-refractivity contribution >= 4 is 29.1 Å². The first-order valence-corrected chi connectivity index (χ1v) is 9.19. The van der Waals surface area contributed by atoms with Crippen molar-refractivity contribution in [3.05, 3.63) is 65.6 Å². The quantitative estimate of drug-likeness (QED) is 0.692. The maximum atomic E-state index is 12.5. The molecule has 1 N–H and O–H groups in total. The smallest absolute Gasteiger partial charge is 0.255 e. The first-order valence-electron chi connectivity index (χ1n) is 9.19. The number of aryl methyl sites for hydroxylation is 2. The highest BCUT2D eigenvalue weighted by Gasteiger charge is 2.30. The summed E-state index contributed by atoms with van der Waals surface area (Å²) in [5.41, 5.74) is 3.32. The Hall–Kier alpha value is -3.81. The number of carbonyl (C=O) groups excluding carboxylic acids is 3. The van der Waals surface area contributed by atoms with Crippen LogP contribution in [0.1, 0.15) is 34.6 Å². The lowest BCUT2D eigenvalue weighted by atomic mass is 10.2. The third-order valence-electron chi connectivity index (χ3n) is 4.67. The molecule has 3 aromatic rings. The van der Waals surface area contributed by atoms with Crippen molar-refractivity contribution < 1.29 is 14.4 Å². The Labute approximate surface area is 167 Å². The van der Waals surface area contributed by atoms with Crippen molar-refractivity contribution in [3.8, 4) is 5.82 Å². The SMILES string of the molecule is Cc1cc(C)n(-c2ccc(NC(=O)c3ccc(N4C(=O)CCC4=O)cc3)cn2)n1. The first kappa shape index (κ1) is 18.5. The Balaban J connectivity index is 1.46. The second kappa shape index (κ2) is 7.31. The molecular weight excluding hydrogens is 370 g/mol. The number of hydrogen-bond donors (Lipinski definition) is 1. The van der Waals surface area contributed by atoms with Crippen molar-refractivity contribution in [2.75, 3.05) is 10.2 Å². The van der Waals surface area contributed by atoms with E-state index in [1.807, 2.05) is 19.9 Å². The molecule has 0 atom stereocenters. The predicted molar refractivity (Wildman–Crippen MR) is 107 cm³/mol. The number of benzene rings is 1. The molecule has 0 unspecified atom stereocenters. The van der Waals surface area contributed by atoms with Gasteiger partial charge in [-0.2, -0.15) is 5.10 Å². The molecule has 4 rings (SSSR count). The molecule has 0 bridgehead atoms. The molecule has 0 radical (unpaired) electrons. The number of imide groups is 1. The number of rotatable bonds is 4. The number of amides is 3. The number of hydrogen-bond acceptors (Lipinski definition) is 5. The molecule has 1 aromatic carbocycles. The molecule has 1 fully saturated rings. The Bertz CT molecular complexity index is 1080. The van der Waals surface area contributed by atoms with E-state index >= 15 is 0 Å². The zero-order valence-corrected chi connectivity index (χ0v) is 16.0. The van der Waals surface area contributed by atoms with Gasteiger partial charge in [0.15, 0.2) is 5.82 Å². The van der Waals surface area contributed by atoms with E-state index in [2.05, 4.69) is 15.4 Å². The van der Waals surface area contributed by atoms with Crippen molar-refractivity contribution in [1.82, 2.24) is 14.8 Å². The third kappa shape index (κ3) is 3.64. The minimum Gasteiger partial charge on any atom is -0.321 e. The Morgan fingerprint density at radius 1 is 1.00 bits per heavy atom. The minimum absolute atomic E-state index is 0.221. The highest BCUT2D eigenvalue weighted by Crippen LogP contribution is 2.23. The molecule has 1 aliphatic heterocycles. The summed E-state index contributed by atoms with van der Waals surface area (Å²) < 4.78 is 1.74. The van der Waals surface area contributed by atoms with Crippen LogP contribution < -0.4 is 10.2 Å². The van der Waals surface area contributed by atoms with E-state index in [1.165, 1.54) is 0 Å². The summed E-state index contributed by atoms with van der Waals surface area (Å²) in [6, 6.07) is 11.9. The lowest BCUT2D eigenvalue weighted by Gasteiger charge is -2.14. The summed E-state index contributed by atoms with van der Waals surface area (Å²) in [5, 5.41) is 7.17. The van der Waals surface area contributed by atoms with Gasteiger partial charge in [0.1, 0.15) is 0 Å². The van der Waals surface area contributed by atoms with E-state index in [4.69, 9.17) is 0 Å². The van der Waals surface area contributed by atoms with Crippen LogP contribution in [0, 0.1) is 13.8 Å². The fraction of sp³-hybridized carbons (Fsp3) is 0.190. The zero-order chi connectivity index (χ0) is 20.5. The Morgan fingerprint density at radius 2 is 1.69 bits per heavy atom. The van der Waals surface area contributed by atoms with Crippen molar-refractivity contribution in [3.63, 3.8) is 0 Å². The van der Waals surface area contributed by atoms with Gasteiger partial charge in [-0.15, -0.1) is 0 Å². The van der Waals surface area contributed by atoms with Gasteiger partial charge in [0.05, 0.1) is 23.3 Å². The van der Waals surface area contributed by atoms with Crippen molar-refractivity contribution in [2.24, 2.45) is 0 Å². The number of carbonyl (C=O) groups is 3. The van der Waals surface area contributed by atoms with Gasteiger partial charge in [-0.3, -0.25) is 19.3 Å². The van der Waals surface area contributed by atoms with Gasteiger partial charge in [-0.1, -0.05) is 0 Å². The van der Waals surface area contributed by atoms with Crippen LogP contribution in [-0.4, -0.2) is 32.5 Å². The second-order valence-electron chi connectivity index (χ2n) is 6.87. The van der Waals surface area contributed by atoms with Gasteiger partial charge in [0.2, 0.25) is 11.8 Å². The average molecular weight is 389 g/mol. The monoisotopic (exact) mass is 389 g/mol. The van der Waals surface area contributed by atoms with Gasteiger partial charge >= 0.3 is 0 Å². The number of aromatic nitrogens is 3. The van der Waals surface area contributed by atoms with Crippen LogP contribution in [0.25, 0.3) is 5.82 Å². The summed E-state index contributed by atoms with van der Waals surface area (Å²) >= 11 is 0. The molecule has 0 spiro atoms. The van der Waals surface area contributed by atoms with Gasteiger partial charge in [0.25, 0.3) is 5.91 Å². The standard InChI is InChI=1S/C21H19N5O3/c1-13-11-14(2)26(24-13)18-8-5-16(12-22-18)23-21(29)15-3-6-17(7-4-15)25-19(27)9-10-20(25)28/h3-8,11-12H,9-10H2,1-2H3,(H,23,29). The maximum absolute atomic E-state index is 12.5. The minimum atomic E-state index is -0.309. The van der Waals surface area contributed by atoms with Crippen LogP contribution in [0.2, 0.25) is 0 Å². The third-order valence-corrected chi connectivity index (χ3v) is 4.67. The molecule has 3 heterocycles. The Morgan fingerprint density at radius 3 is 2.24 bits per heavy atom. The van der Waals surface area contributed by atoms with Crippen LogP contribution in [0.5, 0.6) is 0 Å². The van der Waals surface area contributed by atoms with E-state index in [-0.39, 0.29) is 30.6 Å². The first-order chi connectivity index (χ1) is 13.9. The molecule has 0 aliphatic carbocycles. The lowest BCUT2D eigenvalue weighted by Crippen LogP contribution is -2.28. The summed E-state index contributed by atoms with van der Waals surface area (Å²) in [4.78, 5) is 41.6. The van der Waals surface area contributed by atoms with Crippen LogP contribution in [0.3, 0.4) is 0 Å². The van der Waals surface area contributed by atoms with E-state index in [1.54, 1.807) is 47.3 Å². The largest absolute Gasteiger partial charge is 0.321 e. The number of anilines is 2. The van der Waals surface area contributed by atoms with Crippen LogP contribution >= 0.6 is 0 Å². The van der Waals surface area contributed by atoms with E-state index in [0.29, 0.717) is 22.8 Å². The topological polar surface area (TPSA) is 97.2 Å². The summed E-state index contributed by atoms with van der Waals surface area (Å²) in [5.74, 6) is -0.0869. The Kier molecular flexibility index (Phi) is 4.67. The molecular formula is C21H19N5O3. The van der Waals surface area contributed by atoms with Gasteiger partial charge < -0.3 is 5.32 Å². The lowest BCUT2D eigenvalue weighted by molar-refractivity contribution is -0.121. The summed E-state index contributed by atoms with van der Waals surface area (Å²) in [7, 11) is 0. The predicted octanol–water partition coefficient (Wildman–Crippen LogP) is 2.79. The average Bonchev–Trinajstić information content (AvgIpc) is 3.23. The molecule has 8 nitrogen and oxygen atoms in total. The molecule has 1 saturated heterocycles. The molecule has 146 valence electrons. The fourth-order valence-electron chi connectivity index (χ4n) is 3.28. The number of pyridine rings is 1. The normalized spacial score (nSPS) is 13.8. The molecule has 0 saturated carbocycles. The molecule has 8 heteroatoms. The molecule has 2 aromatic heterocycles. The zero-order valence-electron chi connectivity index (χ0n) is 16.0. The molecule has 3 amide bonds. The fourth-order valence-corrected chi connectivity index (χ4v) is 3.28. The van der Waals surface area contributed by atoms with Crippen molar-refractivity contribution in [2.45, 2.75) is 26.7 Å². The number of nitrogens with zero attached hydrogens (tertiary/aromatic N) is 4. The highest BCUT2D eigenvalue weighted by molar-refractivity contribution is 6.20. The van der Waals surface area contributed by atoms with Crippen LogP contribution in [-0.2, 0) is 9.59 Å². The van der Waals surface area contributed by atoms with Crippen LogP contribution in [0.4, 0.5) is 11.4 Å².